The van der Waals surface area contributed by atoms with E-state index in [-0.39, 0.29) is 12.1 Å². The number of hydrogen-bond acceptors (Lipinski definition) is 3. The molecule has 1 aromatic carbocycles. The van der Waals surface area contributed by atoms with Gasteiger partial charge >= 0.3 is 6.03 Å². The summed E-state index contributed by atoms with van der Waals surface area (Å²) in [5.74, 6) is 0. The summed E-state index contributed by atoms with van der Waals surface area (Å²) in [6, 6.07) is 8.33. The van der Waals surface area contributed by atoms with Crippen molar-refractivity contribution in [2.45, 2.75) is 19.5 Å². The van der Waals surface area contributed by atoms with Crippen molar-refractivity contribution in [2.75, 3.05) is 32.1 Å². The Bertz CT molecular complexity index is 436. The molecule has 1 aliphatic rings. The Morgan fingerprint density at radius 1 is 1.47 bits per heavy atom. The van der Waals surface area contributed by atoms with Crippen LogP contribution in [0.4, 0.5) is 10.5 Å². The van der Waals surface area contributed by atoms with Gasteiger partial charge in [0.05, 0.1) is 6.61 Å². The lowest BCUT2D eigenvalue weighted by Gasteiger charge is -2.20. The molecule has 1 heterocycles. The smallest absolute Gasteiger partial charge is 0.317 e. The molecule has 0 aromatic heterocycles. The van der Waals surface area contributed by atoms with E-state index in [9.17, 15) is 4.79 Å². The molecule has 19 heavy (non-hydrogen) atoms. The zero-order valence-electron chi connectivity index (χ0n) is 11.5. The Morgan fingerprint density at radius 2 is 2.26 bits per heavy atom. The number of benzene rings is 1. The van der Waals surface area contributed by atoms with Gasteiger partial charge in [0.15, 0.2) is 0 Å². The van der Waals surface area contributed by atoms with Gasteiger partial charge in [-0.25, -0.2) is 4.79 Å². The number of nitrogens with zero attached hydrogens (tertiary/aromatic N) is 1. The molecule has 1 aromatic rings. The fraction of sp³-hybridized carbons (Fsp3) is 0.500. The number of urea groups is 1. The zero-order chi connectivity index (χ0) is 13.7. The van der Waals surface area contributed by atoms with Gasteiger partial charge < -0.3 is 20.3 Å². The fourth-order valence-electron chi connectivity index (χ4n) is 2.22. The molecule has 1 saturated heterocycles. The SMILES string of the molecule is COC[C@H](C)Nc1ccccc1CN1CCNC1=O. The number of ether oxygens (including phenoxy) is 1. The minimum absolute atomic E-state index is 0.0137. The normalized spacial score (nSPS) is 16.3. The number of para-hydroxylation sites is 1. The topological polar surface area (TPSA) is 53.6 Å². The molecule has 0 bridgehead atoms. The molecule has 2 rings (SSSR count). The molecule has 2 amide bonds. The van der Waals surface area contributed by atoms with Crippen molar-refractivity contribution in [1.82, 2.24) is 10.2 Å². The Morgan fingerprint density at radius 3 is 2.95 bits per heavy atom. The highest BCUT2D eigenvalue weighted by Gasteiger charge is 2.20. The molecular formula is C14H21N3O2. The Labute approximate surface area is 113 Å². The summed E-state index contributed by atoms with van der Waals surface area (Å²) in [4.78, 5) is 13.4. The molecule has 5 nitrogen and oxygen atoms in total. The Balaban J connectivity index is 2.05. The van der Waals surface area contributed by atoms with Crippen molar-refractivity contribution in [1.29, 1.82) is 0 Å². The molecule has 0 radical (unpaired) electrons. The van der Waals surface area contributed by atoms with Crippen LogP contribution in [0, 0.1) is 0 Å². The number of carbonyl (C=O) groups excluding carboxylic acids is 1. The van der Waals surface area contributed by atoms with E-state index in [0.717, 1.165) is 24.3 Å². The second kappa shape index (κ2) is 6.43. The van der Waals surface area contributed by atoms with Crippen molar-refractivity contribution >= 4 is 11.7 Å². The summed E-state index contributed by atoms with van der Waals surface area (Å²) < 4.78 is 5.13. The third kappa shape index (κ3) is 3.61. The molecule has 0 unspecified atom stereocenters. The number of nitrogens with one attached hydrogen (secondary N) is 2. The summed E-state index contributed by atoms with van der Waals surface area (Å²) in [5, 5.41) is 6.23. The first-order chi connectivity index (χ1) is 9.20. The second-order valence-electron chi connectivity index (χ2n) is 4.81. The summed E-state index contributed by atoms with van der Waals surface area (Å²) in [6.45, 7) is 4.85. The van der Waals surface area contributed by atoms with Crippen LogP contribution in [0.25, 0.3) is 0 Å². The lowest BCUT2D eigenvalue weighted by molar-refractivity contribution is 0.190. The van der Waals surface area contributed by atoms with E-state index < -0.39 is 0 Å². The third-order valence-electron chi connectivity index (χ3n) is 3.14. The van der Waals surface area contributed by atoms with E-state index in [1.807, 2.05) is 29.2 Å². The standard InChI is InChI=1S/C14H21N3O2/c1-11(10-19-2)16-13-6-4-3-5-12(13)9-17-8-7-15-14(17)18/h3-6,11,16H,7-10H2,1-2H3,(H,15,18)/t11-/m0/s1. The van der Waals surface area contributed by atoms with Crippen LogP contribution in [-0.4, -0.2) is 43.8 Å². The maximum Gasteiger partial charge on any atom is 0.317 e. The quantitative estimate of drug-likeness (QED) is 0.820. The molecule has 104 valence electrons. The molecule has 1 atom stereocenters. The van der Waals surface area contributed by atoms with Gasteiger partial charge in [-0.2, -0.15) is 0 Å². The first kappa shape index (κ1) is 13.7. The van der Waals surface area contributed by atoms with Crippen LogP contribution in [-0.2, 0) is 11.3 Å². The van der Waals surface area contributed by atoms with Crippen LogP contribution >= 0.6 is 0 Å². The summed E-state index contributed by atoms with van der Waals surface area (Å²) >= 11 is 0. The molecule has 1 fully saturated rings. The molecule has 0 saturated carbocycles. The molecular weight excluding hydrogens is 242 g/mol. The molecule has 2 N–H and O–H groups in total. The minimum atomic E-state index is 0.0137. The zero-order valence-corrected chi connectivity index (χ0v) is 11.5. The summed E-state index contributed by atoms with van der Waals surface area (Å²) in [7, 11) is 1.69. The lowest BCUT2D eigenvalue weighted by Crippen LogP contribution is -2.28. The van der Waals surface area contributed by atoms with E-state index in [2.05, 4.69) is 17.6 Å². The maximum absolute atomic E-state index is 11.6. The minimum Gasteiger partial charge on any atom is -0.383 e. The number of rotatable bonds is 6. The predicted molar refractivity (Wildman–Crippen MR) is 75.2 cm³/mol. The van der Waals surface area contributed by atoms with Gasteiger partial charge in [0.25, 0.3) is 0 Å². The first-order valence-corrected chi connectivity index (χ1v) is 6.57. The van der Waals surface area contributed by atoms with Crippen LogP contribution in [0.2, 0.25) is 0 Å². The highest BCUT2D eigenvalue weighted by atomic mass is 16.5. The second-order valence-corrected chi connectivity index (χ2v) is 4.81. The molecule has 0 aliphatic carbocycles. The highest BCUT2D eigenvalue weighted by molar-refractivity contribution is 5.76. The van der Waals surface area contributed by atoms with Gasteiger partial charge in [-0.05, 0) is 18.6 Å². The van der Waals surface area contributed by atoms with Crippen molar-refractivity contribution < 1.29 is 9.53 Å². The van der Waals surface area contributed by atoms with Crippen molar-refractivity contribution in [3.63, 3.8) is 0 Å². The Kier molecular flexibility index (Phi) is 4.63. The van der Waals surface area contributed by atoms with Crippen molar-refractivity contribution in [3.05, 3.63) is 29.8 Å². The van der Waals surface area contributed by atoms with E-state index in [1.165, 1.54) is 0 Å². The van der Waals surface area contributed by atoms with E-state index in [1.54, 1.807) is 7.11 Å². The van der Waals surface area contributed by atoms with E-state index >= 15 is 0 Å². The third-order valence-corrected chi connectivity index (χ3v) is 3.14. The lowest BCUT2D eigenvalue weighted by atomic mass is 10.1. The van der Waals surface area contributed by atoms with Gasteiger partial charge in [0.1, 0.15) is 0 Å². The fourth-order valence-corrected chi connectivity index (χ4v) is 2.22. The Hall–Kier alpha value is -1.75. The van der Waals surface area contributed by atoms with Crippen molar-refractivity contribution in [3.8, 4) is 0 Å². The number of amides is 2. The van der Waals surface area contributed by atoms with Gasteiger partial charge in [0.2, 0.25) is 0 Å². The largest absolute Gasteiger partial charge is 0.383 e. The highest BCUT2D eigenvalue weighted by Crippen LogP contribution is 2.19. The monoisotopic (exact) mass is 263 g/mol. The van der Waals surface area contributed by atoms with Crippen LogP contribution in [0.3, 0.4) is 0 Å². The average Bonchev–Trinajstić information content (AvgIpc) is 2.78. The van der Waals surface area contributed by atoms with Crippen LogP contribution in [0.1, 0.15) is 12.5 Å². The number of anilines is 1. The van der Waals surface area contributed by atoms with E-state index in [4.69, 9.17) is 4.74 Å². The predicted octanol–water partition coefficient (Wildman–Crippen LogP) is 1.66. The van der Waals surface area contributed by atoms with Crippen LogP contribution < -0.4 is 10.6 Å². The summed E-state index contributed by atoms with van der Waals surface area (Å²) in [6.07, 6.45) is 0. The van der Waals surface area contributed by atoms with Crippen LogP contribution in [0.15, 0.2) is 24.3 Å². The maximum atomic E-state index is 11.6. The number of methoxy groups -OCH3 is 1. The van der Waals surface area contributed by atoms with E-state index in [0.29, 0.717) is 13.2 Å². The number of hydrogen-bond donors (Lipinski definition) is 2. The van der Waals surface area contributed by atoms with Crippen molar-refractivity contribution in [2.24, 2.45) is 0 Å². The molecule has 1 aliphatic heterocycles. The first-order valence-electron chi connectivity index (χ1n) is 6.57. The van der Waals surface area contributed by atoms with Gasteiger partial charge in [0, 0.05) is 38.5 Å². The molecule has 5 heteroatoms. The summed E-state index contributed by atoms with van der Waals surface area (Å²) in [5.41, 5.74) is 2.19. The van der Waals surface area contributed by atoms with Gasteiger partial charge in [-0.1, -0.05) is 18.2 Å². The van der Waals surface area contributed by atoms with Gasteiger partial charge in [-0.3, -0.25) is 0 Å². The van der Waals surface area contributed by atoms with Gasteiger partial charge in [-0.15, -0.1) is 0 Å². The number of carbonyl (C=O) groups is 1. The average molecular weight is 263 g/mol. The molecule has 0 spiro atoms. The van der Waals surface area contributed by atoms with Crippen LogP contribution in [0.5, 0.6) is 0 Å².